The molecule has 0 aliphatic carbocycles. The summed E-state index contributed by atoms with van der Waals surface area (Å²) < 4.78 is 54.9. The minimum Gasteiger partial charge on any atom is -0.467 e. The number of ether oxygens (including phenoxy) is 1. The number of esters is 1. The third kappa shape index (κ3) is 5.45. The molecule has 0 saturated heterocycles. The first-order valence-corrected chi connectivity index (χ1v) is 5.49. The van der Waals surface area contributed by atoms with Crippen molar-refractivity contribution in [1.82, 2.24) is 0 Å². The number of carbonyl (C=O) groups is 1. The van der Waals surface area contributed by atoms with Crippen molar-refractivity contribution in [3.63, 3.8) is 0 Å². The zero-order valence-corrected chi connectivity index (χ0v) is 9.85. The first-order valence-electron chi connectivity index (χ1n) is 4.42. The van der Waals surface area contributed by atoms with E-state index in [1.165, 1.54) is 0 Å². The summed E-state index contributed by atoms with van der Waals surface area (Å²) in [4.78, 5) is 11.1. The van der Waals surface area contributed by atoms with E-state index in [4.69, 9.17) is 0 Å². The van der Waals surface area contributed by atoms with Gasteiger partial charge in [-0.1, -0.05) is 13.8 Å². The average Bonchev–Trinajstić information content (AvgIpc) is 2.13. The molecular formula is C8H13F3O4S. The highest BCUT2D eigenvalue weighted by Crippen LogP contribution is 2.23. The molecule has 0 aliphatic rings. The number of hydrogen-bond acceptors (Lipinski definition) is 4. The quantitative estimate of drug-likeness (QED) is 0.709. The molecule has 0 aromatic carbocycles. The molecule has 0 aromatic rings. The van der Waals surface area contributed by atoms with Crippen LogP contribution in [0.3, 0.4) is 0 Å². The average molecular weight is 262 g/mol. The first kappa shape index (κ1) is 15.4. The third-order valence-corrected chi connectivity index (χ3v) is 2.33. The van der Waals surface area contributed by atoms with Crippen LogP contribution in [0.4, 0.5) is 13.2 Å². The number of rotatable bonds is 5. The van der Waals surface area contributed by atoms with Crippen LogP contribution in [0.25, 0.3) is 0 Å². The van der Waals surface area contributed by atoms with Gasteiger partial charge in [-0.05, 0) is 12.3 Å². The molecule has 0 rings (SSSR count). The topological polar surface area (TPSA) is 52.6 Å². The van der Waals surface area contributed by atoms with Gasteiger partial charge in [0, 0.05) is 0 Å². The molecule has 0 aromatic heterocycles. The lowest BCUT2D eigenvalue weighted by Gasteiger charge is -2.17. The number of alkyl halides is 3. The lowest BCUT2D eigenvalue weighted by Crippen LogP contribution is -2.32. The summed E-state index contributed by atoms with van der Waals surface area (Å²) in [6.07, 6.45) is -1.46. The molecule has 0 saturated carbocycles. The standard InChI is InChI=1S/C8H13F3O4S/c1-5(2)4-6(7(12)14-3)15-16(13)8(9,10)11/h5-6H,4H2,1-3H3. The largest absolute Gasteiger partial charge is 0.497 e. The van der Waals surface area contributed by atoms with E-state index in [0.717, 1.165) is 7.11 Å². The Morgan fingerprint density at radius 2 is 1.88 bits per heavy atom. The Morgan fingerprint density at radius 1 is 1.38 bits per heavy atom. The van der Waals surface area contributed by atoms with E-state index >= 15 is 0 Å². The second kappa shape index (κ2) is 6.19. The molecule has 0 bridgehead atoms. The summed E-state index contributed by atoms with van der Waals surface area (Å²) in [6.45, 7) is 3.38. The van der Waals surface area contributed by atoms with Crippen LogP contribution in [0.15, 0.2) is 0 Å². The lowest BCUT2D eigenvalue weighted by atomic mass is 10.1. The summed E-state index contributed by atoms with van der Waals surface area (Å²) in [6, 6.07) is 0. The van der Waals surface area contributed by atoms with Crippen LogP contribution in [0, 0.1) is 5.92 Å². The molecule has 4 nitrogen and oxygen atoms in total. The summed E-state index contributed by atoms with van der Waals surface area (Å²) in [5, 5.41) is 0. The number of hydrogen-bond donors (Lipinski definition) is 0. The highest BCUT2D eigenvalue weighted by atomic mass is 32.2. The van der Waals surface area contributed by atoms with Gasteiger partial charge in [0.1, 0.15) is 0 Å². The molecule has 8 heteroatoms. The molecule has 0 radical (unpaired) electrons. The van der Waals surface area contributed by atoms with Crippen molar-refractivity contribution in [3.8, 4) is 0 Å². The maximum atomic E-state index is 11.9. The van der Waals surface area contributed by atoms with Crippen molar-refractivity contribution in [3.05, 3.63) is 0 Å². The van der Waals surface area contributed by atoms with Crippen LogP contribution in [-0.2, 0) is 24.8 Å². The summed E-state index contributed by atoms with van der Waals surface area (Å²) in [7, 11) is 1.02. The molecule has 96 valence electrons. The van der Waals surface area contributed by atoms with Crippen LogP contribution in [0.2, 0.25) is 0 Å². The van der Waals surface area contributed by atoms with Gasteiger partial charge in [0.25, 0.3) is 11.1 Å². The molecule has 0 spiro atoms. The van der Waals surface area contributed by atoms with Gasteiger partial charge in [0.15, 0.2) is 6.10 Å². The van der Waals surface area contributed by atoms with E-state index in [-0.39, 0.29) is 12.3 Å². The normalized spacial score (nSPS) is 15.9. The number of methoxy groups -OCH3 is 1. The van der Waals surface area contributed by atoms with Crippen LogP contribution in [0.1, 0.15) is 20.3 Å². The Kier molecular flexibility index (Phi) is 5.95. The molecule has 0 aliphatic heterocycles. The third-order valence-electron chi connectivity index (χ3n) is 1.54. The zero-order chi connectivity index (χ0) is 12.9. The monoisotopic (exact) mass is 262 g/mol. The smallest absolute Gasteiger partial charge is 0.467 e. The van der Waals surface area contributed by atoms with Gasteiger partial charge in [-0.15, -0.1) is 0 Å². The fourth-order valence-corrected chi connectivity index (χ4v) is 1.37. The van der Waals surface area contributed by atoms with Gasteiger partial charge >= 0.3 is 11.5 Å². The van der Waals surface area contributed by atoms with Gasteiger partial charge < -0.3 is 4.74 Å². The fraction of sp³-hybridized carbons (Fsp3) is 0.875. The Morgan fingerprint density at radius 3 is 2.19 bits per heavy atom. The minimum absolute atomic E-state index is 0.00843. The maximum Gasteiger partial charge on any atom is 0.497 e. The molecule has 0 fully saturated rings. The Labute approximate surface area is 93.8 Å². The fourth-order valence-electron chi connectivity index (χ4n) is 0.894. The second-order valence-electron chi connectivity index (χ2n) is 3.42. The van der Waals surface area contributed by atoms with Crippen LogP contribution in [0.5, 0.6) is 0 Å². The van der Waals surface area contributed by atoms with Crippen molar-refractivity contribution in [2.24, 2.45) is 5.92 Å². The van der Waals surface area contributed by atoms with Crippen LogP contribution >= 0.6 is 0 Å². The molecule has 0 N–H and O–H groups in total. The molecule has 16 heavy (non-hydrogen) atoms. The van der Waals surface area contributed by atoms with Crippen molar-refractivity contribution in [1.29, 1.82) is 0 Å². The highest BCUT2D eigenvalue weighted by Gasteiger charge is 2.41. The summed E-state index contributed by atoms with van der Waals surface area (Å²) in [5.74, 6) is -1.05. The van der Waals surface area contributed by atoms with Gasteiger partial charge in [0.2, 0.25) is 0 Å². The van der Waals surface area contributed by atoms with Gasteiger partial charge in [-0.2, -0.15) is 13.2 Å². The predicted molar refractivity (Wildman–Crippen MR) is 50.5 cm³/mol. The number of carbonyl (C=O) groups excluding carboxylic acids is 1. The molecule has 0 amide bonds. The van der Waals surface area contributed by atoms with Crippen molar-refractivity contribution < 1.29 is 31.1 Å². The Hall–Kier alpha value is -0.630. The van der Waals surface area contributed by atoms with E-state index in [0.29, 0.717) is 0 Å². The Balaban J connectivity index is 4.55. The van der Waals surface area contributed by atoms with E-state index in [1.54, 1.807) is 13.8 Å². The first-order chi connectivity index (χ1) is 7.18. The lowest BCUT2D eigenvalue weighted by molar-refractivity contribution is -0.149. The summed E-state index contributed by atoms with van der Waals surface area (Å²) >= 11 is -3.51. The molecule has 2 atom stereocenters. The number of halogens is 3. The SMILES string of the molecule is COC(=O)C(CC(C)C)OS(=O)C(F)(F)F. The summed E-state index contributed by atoms with van der Waals surface area (Å²) in [5.41, 5.74) is -5.00. The van der Waals surface area contributed by atoms with Crippen molar-refractivity contribution in [2.45, 2.75) is 31.9 Å². The second-order valence-corrected chi connectivity index (χ2v) is 4.54. The Bertz CT molecular complexity index is 264. The molecule has 2 unspecified atom stereocenters. The predicted octanol–water partition coefficient (Wildman–Crippen LogP) is 1.77. The molecular weight excluding hydrogens is 249 g/mol. The van der Waals surface area contributed by atoms with Gasteiger partial charge in [0.05, 0.1) is 7.11 Å². The molecule has 0 heterocycles. The van der Waals surface area contributed by atoms with Gasteiger partial charge in [-0.25, -0.2) is 9.00 Å². The van der Waals surface area contributed by atoms with Crippen molar-refractivity contribution >= 4 is 17.0 Å². The van der Waals surface area contributed by atoms with Gasteiger partial charge in [-0.3, -0.25) is 4.18 Å². The van der Waals surface area contributed by atoms with E-state index in [2.05, 4.69) is 8.92 Å². The highest BCUT2D eigenvalue weighted by molar-refractivity contribution is 7.81. The van der Waals surface area contributed by atoms with E-state index in [9.17, 15) is 22.2 Å². The zero-order valence-electron chi connectivity index (χ0n) is 9.04. The van der Waals surface area contributed by atoms with Crippen LogP contribution < -0.4 is 0 Å². The van der Waals surface area contributed by atoms with E-state index in [1.807, 2.05) is 0 Å². The van der Waals surface area contributed by atoms with Crippen molar-refractivity contribution in [2.75, 3.05) is 7.11 Å². The van der Waals surface area contributed by atoms with Crippen LogP contribution in [-0.4, -0.2) is 28.9 Å². The maximum absolute atomic E-state index is 11.9. The minimum atomic E-state index is -5.00. The van der Waals surface area contributed by atoms with E-state index < -0.39 is 28.7 Å².